The molecule has 5 N–H and O–H groups in total. The summed E-state index contributed by atoms with van der Waals surface area (Å²) < 4.78 is 8.03. The van der Waals surface area contributed by atoms with Crippen molar-refractivity contribution in [2.75, 3.05) is 12.3 Å². The third-order valence-corrected chi connectivity index (χ3v) is 9.86. The second-order valence-electron chi connectivity index (χ2n) is 13.9. The number of nitrogens with two attached hydrogens (primary N) is 1. The number of imidazole rings is 2. The van der Waals surface area contributed by atoms with Crippen molar-refractivity contribution in [1.82, 2.24) is 34.4 Å². The van der Waals surface area contributed by atoms with Crippen LogP contribution < -0.4 is 5.73 Å². The van der Waals surface area contributed by atoms with Gasteiger partial charge in [0.15, 0.2) is 11.5 Å². The lowest BCUT2D eigenvalue weighted by Crippen LogP contribution is -2.53. The van der Waals surface area contributed by atoms with E-state index in [9.17, 15) is 10.2 Å². The van der Waals surface area contributed by atoms with Crippen LogP contribution in [0.1, 0.15) is 71.3 Å². The minimum atomic E-state index is -1.37. The number of aryl methyl sites for hydroxylation is 1. The lowest BCUT2D eigenvalue weighted by molar-refractivity contribution is -0.0710. The molecular weight excluding hydrogens is 532 g/mol. The van der Waals surface area contributed by atoms with Crippen LogP contribution >= 0.6 is 0 Å². The number of nitrogen functional groups attached to an aromatic ring is 1. The van der Waals surface area contributed by atoms with Crippen LogP contribution in [0.4, 0.5) is 5.82 Å². The third kappa shape index (κ3) is 4.40. The van der Waals surface area contributed by atoms with Crippen molar-refractivity contribution in [3.8, 4) is 0 Å². The largest absolute Gasteiger partial charge is 0.387 e. The maximum absolute atomic E-state index is 11.4. The Kier molecular flexibility index (Phi) is 6.40. The Morgan fingerprint density at radius 3 is 2.69 bits per heavy atom. The Bertz CT molecular complexity index is 1620. The average molecular weight is 575 g/mol. The fourth-order valence-corrected chi connectivity index (χ4v) is 7.20. The number of nitrogens with zero attached hydrogens (tertiary/aromatic N) is 6. The molecule has 11 nitrogen and oxygen atoms in total. The van der Waals surface area contributed by atoms with Gasteiger partial charge in [0.25, 0.3) is 0 Å². The maximum Gasteiger partial charge on any atom is 0.165 e. The van der Waals surface area contributed by atoms with Gasteiger partial charge < -0.3 is 30.2 Å². The van der Waals surface area contributed by atoms with Crippen LogP contribution in [0.5, 0.6) is 0 Å². The van der Waals surface area contributed by atoms with E-state index >= 15 is 0 Å². The molecule has 42 heavy (non-hydrogen) atoms. The highest BCUT2D eigenvalue weighted by atomic mass is 16.6. The number of aliphatic hydroxyl groups excluding tert-OH is 1. The van der Waals surface area contributed by atoms with E-state index in [-0.39, 0.29) is 11.2 Å². The highest BCUT2D eigenvalue weighted by molar-refractivity contribution is 5.81. The van der Waals surface area contributed by atoms with Gasteiger partial charge in [-0.25, -0.2) is 19.9 Å². The zero-order valence-corrected chi connectivity index (χ0v) is 25.0. The Morgan fingerprint density at radius 1 is 1.21 bits per heavy atom. The molecular formula is C31H42N8O3. The minimum absolute atomic E-state index is 0.107. The first-order valence-electron chi connectivity index (χ1n) is 15.2. The molecule has 3 fully saturated rings. The van der Waals surface area contributed by atoms with Crippen molar-refractivity contribution < 1.29 is 14.9 Å². The average Bonchev–Trinajstić information content (AvgIpc) is 3.28. The molecule has 0 amide bonds. The van der Waals surface area contributed by atoms with E-state index in [1.807, 2.05) is 0 Å². The summed E-state index contributed by atoms with van der Waals surface area (Å²) in [5.41, 5.74) is 9.13. The predicted molar refractivity (Wildman–Crippen MR) is 160 cm³/mol. The molecule has 3 aromatic heterocycles. The van der Waals surface area contributed by atoms with Crippen LogP contribution in [-0.4, -0.2) is 87.1 Å². The van der Waals surface area contributed by atoms with Crippen molar-refractivity contribution >= 4 is 28.0 Å². The number of aliphatic hydroxyl groups is 2. The second kappa shape index (κ2) is 9.70. The molecule has 0 spiro atoms. The van der Waals surface area contributed by atoms with Gasteiger partial charge in [-0.15, -0.1) is 0 Å². The van der Waals surface area contributed by atoms with Crippen molar-refractivity contribution in [3.63, 3.8) is 0 Å². The standard InChI is InChI=1S/C31H42N8O3/c1-16(2)38(19-10-17(11-19)6-9-23-36-20-8-7-18(30(3,4)5)12-21(20)37-23)13-22-26(40)31(41)25(27(31)42-22)39-15-35-24-28(32)33-14-34-29(24)39/h7-8,12,14-17,19,22,25-27,40-41H,6,9-11,13H2,1-5H3,(H,36,37)(H2,32,33,34)/t17-,19+,22?,25?,26-,27+,31-/m1/s1. The van der Waals surface area contributed by atoms with E-state index in [0.29, 0.717) is 35.7 Å². The molecule has 3 aliphatic rings. The lowest BCUT2D eigenvalue weighted by Gasteiger charge is -2.46. The number of H-pyrrole nitrogens is 1. The second-order valence-corrected chi connectivity index (χ2v) is 13.9. The first-order valence-corrected chi connectivity index (χ1v) is 15.2. The topological polar surface area (TPSA) is 151 Å². The molecule has 2 aliphatic carbocycles. The number of hydrogen-bond acceptors (Lipinski definition) is 9. The van der Waals surface area contributed by atoms with E-state index in [0.717, 1.165) is 42.5 Å². The zero-order chi connectivity index (χ0) is 29.6. The Labute approximate surface area is 245 Å². The normalized spacial score (nSPS) is 30.9. The molecule has 2 unspecified atom stereocenters. The van der Waals surface area contributed by atoms with E-state index < -0.39 is 30.0 Å². The molecule has 2 saturated carbocycles. The van der Waals surface area contributed by atoms with Gasteiger partial charge in [-0.2, -0.15) is 0 Å². The summed E-state index contributed by atoms with van der Waals surface area (Å²) in [7, 11) is 0. The van der Waals surface area contributed by atoms with Crippen LogP contribution in [0.25, 0.3) is 22.2 Å². The summed E-state index contributed by atoms with van der Waals surface area (Å²) in [4.78, 5) is 23.4. The Hall–Kier alpha value is -3.12. The van der Waals surface area contributed by atoms with Gasteiger partial charge in [0.05, 0.1) is 29.5 Å². The van der Waals surface area contributed by atoms with Gasteiger partial charge in [-0.05, 0) is 62.1 Å². The first-order chi connectivity index (χ1) is 19.9. The van der Waals surface area contributed by atoms with Crippen LogP contribution in [-0.2, 0) is 16.6 Å². The fourth-order valence-electron chi connectivity index (χ4n) is 7.20. The van der Waals surface area contributed by atoms with Crippen LogP contribution in [0.3, 0.4) is 0 Å². The number of hydrogen-bond donors (Lipinski definition) is 4. The molecule has 0 radical (unpaired) electrons. The number of anilines is 1. The summed E-state index contributed by atoms with van der Waals surface area (Å²) in [5.74, 6) is 1.99. The smallest absolute Gasteiger partial charge is 0.165 e. The molecule has 1 saturated heterocycles. The number of aromatic nitrogens is 6. The number of rotatable bonds is 8. The molecule has 4 heterocycles. The van der Waals surface area contributed by atoms with Crippen molar-refractivity contribution in [2.45, 2.75) is 108 Å². The molecule has 5 atom stereocenters. The van der Waals surface area contributed by atoms with Gasteiger partial charge in [-0.3, -0.25) is 4.90 Å². The van der Waals surface area contributed by atoms with Gasteiger partial charge in [0.1, 0.15) is 35.5 Å². The van der Waals surface area contributed by atoms with E-state index in [4.69, 9.17) is 15.5 Å². The molecule has 7 rings (SSSR count). The monoisotopic (exact) mass is 574 g/mol. The van der Waals surface area contributed by atoms with E-state index in [1.165, 1.54) is 11.9 Å². The molecule has 4 aromatic rings. The van der Waals surface area contributed by atoms with Gasteiger partial charge in [-0.1, -0.05) is 26.8 Å². The summed E-state index contributed by atoms with van der Waals surface area (Å²) in [5, 5.41) is 22.7. The Balaban J connectivity index is 0.946. The summed E-state index contributed by atoms with van der Waals surface area (Å²) in [6.07, 6.45) is 5.27. The predicted octanol–water partition coefficient (Wildman–Crippen LogP) is 3.12. The minimum Gasteiger partial charge on any atom is -0.387 e. The quantitative estimate of drug-likeness (QED) is 0.249. The van der Waals surface area contributed by atoms with Crippen LogP contribution in [0.2, 0.25) is 0 Å². The highest BCUT2D eigenvalue weighted by Crippen LogP contribution is 2.59. The fraction of sp³-hybridized carbons (Fsp3) is 0.613. The number of fused-ring (bicyclic) bond motifs is 3. The molecule has 1 aromatic carbocycles. The number of benzene rings is 1. The maximum atomic E-state index is 11.4. The zero-order valence-electron chi connectivity index (χ0n) is 25.0. The van der Waals surface area contributed by atoms with Crippen LogP contribution in [0.15, 0.2) is 30.9 Å². The van der Waals surface area contributed by atoms with Crippen molar-refractivity contribution in [2.24, 2.45) is 5.92 Å². The lowest BCUT2D eigenvalue weighted by atomic mass is 9.76. The molecule has 1 aliphatic heterocycles. The SMILES string of the molecule is CC(C)N(CC1O[C@H]2C(n3cnc4c(N)ncnc43)[C@@]2(O)[C@@H]1O)[C@H]1C[C@@H](CCc2nc3cc(C(C)(C)C)ccc3[nH]2)C1. The summed E-state index contributed by atoms with van der Waals surface area (Å²) in [6.45, 7) is 11.6. The molecule has 11 heteroatoms. The van der Waals surface area contributed by atoms with Gasteiger partial charge in [0.2, 0.25) is 0 Å². The summed E-state index contributed by atoms with van der Waals surface area (Å²) >= 11 is 0. The number of aromatic amines is 1. The summed E-state index contributed by atoms with van der Waals surface area (Å²) in [6, 6.07) is 6.84. The van der Waals surface area contributed by atoms with Crippen molar-refractivity contribution in [3.05, 3.63) is 42.2 Å². The van der Waals surface area contributed by atoms with Crippen molar-refractivity contribution in [1.29, 1.82) is 0 Å². The molecule has 0 bridgehead atoms. The highest BCUT2D eigenvalue weighted by Gasteiger charge is 2.77. The molecule has 224 valence electrons. The third-order valence-electron chi connectivity index (χ3n) is 9.86. The van der Waals surface area contributed by atoms with E-state index in [2.05, 4.69) is 77.7 Å². The van der Waals surface area contributed by atoms with E-state index in [1.54, 1.807) is 10.9 Å². The van der Waals surface area contributed by atoms with Gasteiger partial charge >= 0.3 is 0 Å². The number of nitrogens with one attached hydrogen (secondary N) is 1. The Morgan fingerprint density at radius 2 is 2.00 bits per heavy atom. The van der Waals surface area contributed by atoms with Crippen LogP contribution in [0, 0.1) is 5.92 Å². The van der Waals surface area contributed by atoms with Gasteiger partial charge in [0, 0.05) is 25.0 Å². The number of ether oxygens (including phenoxy) is 1. The first kappa shape index (κ1) is 27.7.